The van der Waals surface area contributed by atoms with Crippen LogP contribution in [0.2, 0.25) is 0 Å². The molecule has 2 saturated heterocycles. The van der Waals surface area contributed by atoms with Gasteiger partial charge in [0.2, 0.25) is 0 Å². The Morgan fingerprint density at radius 2 is 2.18 bits per heavy atom. The van der Waals surface area contributed by atoms with Gasteiger partial charge in [-0.3, -0.25) is 9.59 Å². The summed E-state index contributed by atoms with van der Waals surface area (Å²) in [6.45, 7) is 7.38. The Kier molecular flexibility index (Phi) is 3.79. The lowest BCUT2D eigenvalue weighted by Gasteiger charge is -2.27. The second-order valence-electron chi connectivity index (χ2n) is 7.03. The fourth-order valence-electron chi connectivity index (χ4n) is 3.75. The number of hydrogen-bond donors (Lipinski definition) is 0. The van der Waals surface area contributed by atoms with E-state index in [1.807, 2.05) is 13.8 Å². The molecule has 0 radical (unpaired) electrons. The average molecular weight is 308 g/mol. The number of allylic oxidation sites excluding steroid dienone is 1. The SMILES string of the molecule is CC(=O)OC1CC2C(C=C(C)CCC3OC13C)OC(=O)C2C. The van der Waals surface area contributed by atoms with Crippen LogP contribution >= 0.6 is 0 Å². The standard InChI is InChI=1S/C17H24O5/c1-9-5-6-14-17(4,22-14)15(20-11(3)18)8-12-10(2)16(19)21-13(12)7-9/h7,10,12-15H,5-6,8H2,1-4H3. The predicted octanol–water partition coefficient (Wildman–Crippen LogP) is 2.38. The average Bonchev–Trinajstić information content (AvgIpc) is 3.03. The van der Waals surface area contributed by atoms with Crippen LogP contribution in [0.25, 0.3) is 0 Å². The van der Waals surface area contributed by atoms with E-state index in [0.717, 1.165) is 12.8 Å². The zero-order chi connectivity index (χ0) is 16.1. The molecule has 3 aliphatic rings. The summed E-state index contributed by atoms with van der Waals surface area (Å²) in [7, 11) is 0. The molecule has 122 valence electrons. The van der Waals surface area contributed by atoms with Crippen LogP contribution in [-0.2, 0) is 23.8 Å². The van der Waals surface area contributed by atoms with Gasteiger partial charge >= 0.3 is 11.9 Å². The molecule has 2 heterocycles. The Hall–Kier alpha value is -1.36. The summed E-state index contributed by atoms with van der Waals surface area (Å²) >= 11 is 0. The van der Waals surface area contributed by atoms with Crippen LogP contribution in [0.5, 0.6) is 0 Å². The molecule has 22 heavy (non-hydrogen) atoms. The Labute approximate surface area is 131 Å². The molecule has 0 spiro atoms. The van der Waals surface area contributed by atoms with Gasteiger partial charge in [-0.25, -0.2) is 0 Å². The molecule has 0 aromatic heterocycles. The van der Waals surface area contributed by atoms with E-state index in [1.54, 1.807) is 0 Å². The van der Waals surface area contributed by atoms with Crippen molar-refractivity contribution < 1.29 is 23.8 Å². The van der Waals surface area contributed by atoms with E-state index in [-0.39, 0.29) is 42.1 Å². The molecule has 0 aromatic carbocycles. The molecular weight excluding hydrogens is 284 g/mol. The van der Waals surface area contributed by atoms with E-state index in [9.17, 15) is 9.59 Å². The highest BCUT2D eigenvalue weighted by atomic mass is 16.6. The van der Waals surface area contributed by atoms with Gasteiger partial charge in [-0.2, -0.15) is 0 Å². The molecule has 6 atom stereocenters. The molecule has 3 rings (SSSR count). The third-order valence-electron chi connectivity index (χ3n) is 5.35. The monoisotopic (exact) mass is 308 g/mol. The fraction of sp³-hybridized carbons (Fsp3) is 0.765. The molecule has 0 aromatic rings. The molecule has 0 N–H and O–H groups in total. The molecular formula is C17H24O5. The number of epoxide rings is 1. The second kappa shape index (κ2) is 5.37. The highest BCUT2D eigenvalue weighted by Crippen LogP contribution is 2.48. The zero-order valence-corrected chi connectivity index (χ0v) is 13.6. The summed E-state index contributed by atoms with van der Waals surface area (Å²) in [6, 6.07) is 0. The molecule has 5 nitrogen and oxygen atoms in total. The van der Waals surface area contributed by atoms with Crippen molar-refractivity contribution >= 4 is 11.9 Å². The maximum absolute atomic E-state index is 12.0. The number of hydrogen-bond acceptors (Lipinski definition) is 5. The smallest absolute Gasteiger partial charge is 0.309 e. The van der Waals surface area contributed by atoms with E-state index in [2.05, 4.69) is 13.0 Å². The van der Waals surface area contributed by atoms with E-state index in [1.165, 1.54) is 12.5 Å². The van der Waals surface area contributed by atoms with Gasteiger partial charge in [0.25, 0.3) is 0 Å². The number of esters is 2. The van der Waals surface area contributed by atoms with Gasteiger partial charge in [-0.1, -0.05) is 12.5 Å². The molecule has 0 bridgehead atoms. The van der Waals surface area contributed by atoms with Crippen molar-refractivity contribution in [1.29, 1.82) is 0 Å². The first-order valence-electron chi connectivity index (χ1n) is 8.04. The molecule has 2 fully saturated rings. The van der Waals surface area contributed by atoms with Crippen LogP contribution in [0, 0.1) is 11.8 Å². The van der Waals surface area contributed by atoms with Gasteiger partial charge in [-0.15, -0.1) is 0 Å². The van der Waals surface area contributed by atoms with Crippen LogP contribution in [0.3, 0.4) is 0 Å². The van der Waals surface area contributed by atoms with Gasteiger partial charge in [-0.05, 0) is 39.2 Å². The van der Waals surface area contributed by atoms with Crippen LogP contribution in [-0.4, -0.2) is 35.9 Å². The number of carbonyl (C=O) groups is 2. The van der Waals surface area contributed by atoms with Gasteiger partial charge in [0, 0.05) is 12.8 Å². The predicted molar refractivity (Wildman–Crippen MR) is 79.0 cm³/mol. The molecule has 6 unspecified atom stereocenters. The van der Waals surface area contributed by atoms with E-state index in [0.29, 0.717) is 6.42 Å². The lowest BCUT2D eigenvalue weighted by atomic mass is 9.80. The minimum absolute atomic E-state index is 0.0200. The first-order chi connectivity index (χ1) is 10.3. The Morgan fingerprint density at radius 1 is 1.45 bits per heavy atom. The highest BCUT2D eigenvalue weighted by Gasteiger charge is 2.60. The summed E-state index contributed by atoms with van der Waals surface area (Å²) in [5.74, 6) is -0.643. The summed E-state index contributed by atoms with van der Waals surface area (Å²) in [6.07, 6.45) is 4.02. The molecule has 2 aliphatic heterocycles. The van der Waals surface area contributed by atoms with Crippen molar-refractivity contribution in [1.82, 2.24) is 0 Å². The fourth-order valence-corrected chi connectivity index (χ4v) is 3.75. The summed E-state index contributed by atoms with van der Waals surface area (Å²) in [4.78, 5) is 23.4. The van der Waals surface area contributed by atoms with Gasteiger partial charge < -0.3 is 14.2 Å². The highest BCUT2D eigenvalue weighted by molar-refractivity contribution is 5.75. The molecule has 1 aliphatic carbocycles. The lowest BCUT2D eigenvalue weighted by molar-refractivity contribution is -0.151. The summed E-state index contributed by atoms with van der Waals surface area (Å²) in [5, 5.41) is 0. The van der Waals surface area contributed by atoms with Crippen molar-refractivity contribution in [2.45, 2.75) is 70.9 Å². The summed E-state index contributed by atoms with van der Waals surface area (Å²) in [5.41, 5.74) is 0.792. The number of rotatable bonds is 1. The Morgan fingerprint density at radius 3 is 2.86 bits per heavy atom. The van der Waals surface area contributed by atoms with Crippen molar-refractivity contribution in [3.8, 4) is 0 Å². The Balaban J connectivity index is 1.90. The van der Waals surface area contributed by atoms with Gasteiger partial charge in [0.1, 0.15) is 17.8 Å². The largest absolute Gasteiger partial charge is 0.459 e. The first kappa shape index (κ1) is 15.5. The number of ether oxygens (including phenoxy) is 3. The molecule has 5 heteroatoms. The van der Waals surface area contributed by atoms with E-state index < -0.39 is 5.60 Å². The normalized spacial score (nSPS) is 44.3. The molecule has 0 saturated carbocycles. The van der Waals surface area contributed by atoms with Gasteiger partial charge in [0.15, 0.2) is 0 Å². The minimum atomic E-state index is -0.431. The van der Waals surface area contributed by atoms with E-state index >= 15 is 0 Å². The van der Waals surface area contributed by atoms with Crippen molar-refractivity contribution in [3.05, 3.63) is 11.6 Å². The number of fused-ring (bicyclic) bond motifs is 2. The quantitative estimate of drug-likeness (QED) is 0.423. The Bertz CT molecular complexity index is 525. The third-order valence-corrected chi connectivity index (χ3v) is 5.35. The van der Waals surface area contributed by atoms with E-state index in [4.69, 9.17) is 14.2 Å². The van der Waals surface area contributed by atoms with Crippen molar-refractivity contribution in [3.63, 3.8) is 0 Å². The number of carbonyl (C=O) groups excluding carboxylic acids is 2. The summed E-state index contributed by atoms with van der Waals surface area (Å²) < 4.78 is 16.9. The maximum Gasteiger partial charge on any atom is 0.309 e. The maximum atomic E-state index is 12.0. The topological polar surface area (TPSA) is 65.1 Å². The zero-order valence-electron chi connectivity index (χ0n) is 13.6. The minimum Gasteiger partial charge on any atom is -0.459 e. The first-order valence-corrected chi connectivity index (χ1v) is 8.04. The van der Waals surface area contributed by atoms with Crippen LogP contribution in [0.4, 0.5) is 0 Å². The van der Waals surface area contributed by atoms with Crippen molar-refractivity contribution in [2.24, 2.45) is 11.8 Å². The molecule has 0 amide bonds. The van der Waals surface area contributed by atoms with Crippen LogP contribution in [0.15, 0.2) is 11.6 Å². The van der Waals surface area contributed by atoms with Crippen LogP contribution < -0.4 is 0 Å². The van der Waals surface area contributed by atoms with Crippen LogP contribution in [0.1, 0.15) is 47.0 Å². The second-order valence-corrected chi connectivity index (χ2v) is 7.03. The van der Waals surface area contributed by atoms with Crippen molar-refractivity contribution in [2.75, 3.05) is 0 Å². The lowest BCUT2D eigenvalue weighted by Crippen LogP contribution is -2.38. The third kappa shape index (κ3) is 2.67. The van der Waals surface area contributed by atoms with Gasteiger partial charge in [0.05, 0.1) is 12.0 Å².